The van der Waals surface area contributed by atoms with Crippen molar-refractivity contribution in [2.24, 2.45) is 5.92 Å². The Kier molecular flexibility index (Phi) is 6.82. The maximum absolute atomic E-state index is 13.2. The lowest BCUT2D eigenvalue weighted by Crippen LogP contribution is -3.20. The maximum Gasteiger partial charge on any atom is 0.226 e. The summed E-state index contributed by atoms with van der Waals surface area (Å²) in [4.78, 5) is 16.7. The van der Waals surface area contributed by atoms with E-state index in [0.717, 1.165) is 31.5 Å². The number of hydrogen-bond donors (Lipinski definition) is 2. The molecular weight excluding hydrogens is 317 g/mol. The average Bonchev–Trinajstić information content (AvgIpc) is 2.67. The molecular formula is C20H32FN3O+2. The van der Waals surface area contributed by atoms with E-state index in [1.54, 1.807) is 17.0 Å². The fourth-order valence-electron chi connectivity index (χ4n) is 4.11. The van der Waals surface area contributed by atoms with Gasteiger partial charge in [0, 0.05) is 12.5 Å². The molecule has 2 fully saturated rings. The molecule has 4 nitrogen and oxygen atoms in total. The van der Waals surface area contributed by atoms with Gasteiger partial charge in [0.05, 0.1) is 13.1 Å². The van der Waals surface area contributed by atoms with Gasteiger partial charge in [-0.15, -0.1) is 0 Å². The van der Waals surface area contributed by atoms with Crippen LogP contribution in [0.15, 0.2) is 24.3 Å². The second-order valence-corrected chi connectivity index (χ2v) is 7.59. The van der Waals surface area contributed by atoms with E-state index < -0.39 is 0 Å². The van der Waals surface area contributed by atoms with Crippen molar-refractivity contribution in [1.29, 1.82) is 0 Å². The van der Waals surface area contributed by atoms with Crippen LogP contribution >= 0.6 is 0 Å². The van der Waals surface area contributed by atoms with Crippen LogP contribution in [0.4, 0.5) is 4.39 Å². The quantitative estimate of drug-likeness (QED) is 0.757. The Morgan fingerprint density at radius 3 is 2.48 bits per heavy atom. The molecule has 1 aliphatic heterocycles. The molecule has 0 spiro atoms. The number of hydrogen-bond acceptors (Lipinski definition) is 1. The molecule has 0 bridgehead atoms. The second kappa shape index (κ2) is 9.30. The Balaban J connectivity index is 1.63. The standard InChI is InChI=1S/C20H30FN3O/c21-19-8-6-17(7-9-19)16-24(15-14-23-12-10-22-11-13-23)20(25)18-4-2-1-3-5-18/h6-9,18,22H,1-5,10-16H2/p+2. The minimum absolute atomic E-state index is 0.193. The fourth-order valence-corrected chi connectivity index (χ4v) is 4.11. The Hall–Kier alpha value is -1.46. The normalized spacial score (nSPS) is 19.7. The number of halogens is 1. The van der Waals surface area contributed by atoms with E-state index in [-0.39, 0.29) is 11.7 Å². The SMILES string of the molecule is O=C(C1CCCCC1)N(CC[NH+]1CC[NH2+]CC1)Cc1ccc(F)cc1. The third-order valence-corrected chi connectivity index (χ3v) is 5.69. The van der Waals surface area contributed by atoms with E-state index in [0.29, 0.717) is 12.5 Å². The summed E-state index contributed by atoms with van der Waals surface area (Å²) in [6.07, 6.45) is 5.67. The number of rotatable bonds is 6. The van der Waals surface area contributed by atoms with E-state index in [1.807, 2.05) is 4.90 Å². The van der Waals surface area contributed by atoms with Gasteiger partial charge in [-0.3, -0.25) is 4.79 Å². The van der Waals surface area contributed by atoms with Gasteiger partial charge in [0.15, 0.2) is 0 Å². The second-order valence-electron chi connectivity index (χ2n) is 7.59. The van der Waals surface area contributed by atoms with Gasteiger partial charge in [0.2, 0.25) is 5.91 Å². The minimum atomic E-state index is -0.220. The molecule has 25 heavy (non-hydrogen) atoms. The third-order valence-electron chi connectivity index (χ3n) is 5.69. The Morgan fingerprint density at radius 1 is 1.12 bits per heavy atom. The molecule has 138 valence electrons. The number of amides is 1. The smallest absolute Gasteiger partial charge is 0.226 e. The van der Waals surface area contributed by atoms with Crippen LogP contribution in [0.5, 0.6) is 0 Å². The van der Waals surface area contributed by atoms with E-state index >= 15 is 0 Å². The lowest BCUT2D eigenvalue weighted by molar-refractivity contribution is -0.946. The molecule has 0 radical (unpaired) electrons. The number of piperazine rings is 1. The molecule has 1 heterocycles. The molecule has 1 saturated heterocycles. The first-order valence-electron chi connectivity index (χ1n) is 9.91. The van der Waals surface area contributed by atoms with Crippen LogP contribution in [0.1, 0.15) is 37.7 Å². The lowest BCUT2D eigenvalue weighted by atomic mass is 9.88. The van der Waals surface area contributed by atoms with Crippen molar-refractivity contribution in [2.75, 3.05) is 39.3 Å². The number of nitrogens with one attached hydrogen (secondary N) is 1. The summed E-state index contributed by atoms with van der Waals surface area (Å²) in [5.74, 6) is 0.286. The van der Waals surface area contributed by atoms with E-state index in [2.05, 4.69) is 5.32 Å². The summed E-state index contributed by atoms with van der Waals surface area (Å²) in [7, 11) is 0. The Bertz CT molecular complexity index is 536. The van der Waals surface area contributed by atoms with Crippen molar-refractivity contribution in [2.45, 2.75) is 38.6 Å². The molecule has 1 saturated carbocycles. The highest BCUT2D eigenvalue weighted by Crippen LogP contribution is 2.26. The largest absolute Gasteiger partial charge is 0.337 e. The van der Waals surface area contributed by atoms with Gasteiger partial charge in [-0.05, 0) is 30.5 Å². The van der Waals surface area contributed by atoms with Crippen LogP contribution < -0.4 is 10.2 Å². The van der Waals surface area contributed by atoms with Crippen molar-refractivity contribution in [3.05, 3.63) is 35.6 Å². The molecule has 3 rings (SSSR count). The van der Waals surface area contributed by atoms with Gasteiger partial charge in [-0.25, -0.2) is 4.39 Å². The highest BCUT2D eigenvalue weighted by atomic mass is 19.1. The van der Waals surface area contributed by atoms with Crippen LogP contribution in [-0.4, -0.2) is 50.1 Å². The number of carbonyl (C=O) groups is 1. The van der Waals surface area contributed by atoms with Gasteiger partial charge in [-0.1, -0.05) is 31.4 Å². The molecule has 2 aliphatic rings. The van der Waals surface area contributed by atoms with Gasteiger partial charge >= 0.3 is 0 Å². The average molecular weight is 349 g/mol. The predicted octanol–water partition coefficient (Wildman–Crippen LogP) is 0.197. The summed E-state index contributed by atoms with van der Waals surface area (Å²) in [6, 6.07) is 6.59. The lowest BCUT2D eigenvalue weighted by Gasteiger charge is -2.31. The number of benzene rings is 1. The molecule has 5 heteroatoms. The summed E-state index contributed by atoms with van der Waals surface area (Å²) in [6.45, 7) is 7.17. The van der Waals surface area contributed by atoms with Crippen molar-refractivity contribution in [3.8, 4) is 0 Å². The molecule has 1 amide bonds. The van der Waals surface area contributed by atoms with Gasteiger partial charge in [0.1, 0.15) is 32.0 Å². The molecule has 1 aromatic rings. The van der Waals surface area contributed by atoms with Crippen LogP contribution in [0, 0.1) is 11.7 Å². The number of carbonyl (C=O) groups excluding carboxylic acids is 1. The van der Waals surface area contributed by atoms with Gasteiger partial charge < -0.3 is 15.1 Å². The van der Waals surface area contributed by atoms with Crippen LogP contribution in [0.3, 0.4) is 0 Å². The molecule has 1 aliphatic carbocycles. The van der Waals surface area contributed by atoms with Crippen LogP contribution in [0.25, 0.3) is 0 Å². The highest BCUT2D eigenvalue weighted by molar-refractivity contribution is 5.79. The summed E-state index contributed by atoms with van der Waals surface area (Å²) in [5, 5.41) is 2.37. The van der Waals surface area contributed by atoms with E-state index in [1.165, 1.54) is 57.6 Å². The van der Waals surface area contributed by atoms with Crippen LogP contribution in [0.2, 0.25) is 0 Å². The first-order chi connectivity index (χ1) is 12.2. The van der Waals surface area contributed by atoms with Crippen molar-refractivity contribution in [1.82, 2.24) is 4.90 Å². The first-order valence-corrected chi connectivity index (χ1v) is 9.91. The van der Waals surface area contributed by atoms with Crippen molar-refractivity contribution < 1.29 is 19.4 Å². The zero-order valence-corrected chi connectivity index (χ0v) is 15.2. The minimum Gasteiger partial charge on any atom is -0.337 e. The summed E-state index contributed by atoms with van der Waals surface area (Å²) in [5.41, 5.74) is 1.02. The molecule has 0 aromatic heterocycles. The zero-order valence-electron chi connectivity index (χ0n) is 15.2. The topological polar surface area (TPSA) is 41.4 Å². The highest BCUT2D eigenvalue weighted by Gasteiger charge is 2.27. The molecule has 1 aromatic carbocycles. The summed E-state index contributed by atoms with van der Waals surface area (Å²) >= 11 is 0. The van der Waals surface area contributed by atoms with E-state index in [4.69, 9.17) is 0 Å². The molecule has 0 atom stereocenters. The van der Waals surface area contributed by atoms with E-state index in [9.17, 15) is 9.18 Å². The zero-order chi connectivity index (χ0) is 17.5. The van der Waals surface area contributed by atoms with Gasteiger partial charge in [-0.2, -0.15) is 0 Å². The maximum atomic E-state index is 13.2. The monoisotopic (exact) mass is 349 g/mol. The third kappa shape index (κ3) is 5.51. The first kappa shape index (κ1) is 18.3. The molecule has 0 unspecified atom stereocenters. The number of quaternary nitrogens is 2. The Morgan fingerprint density at radius 2 is 1.80 bits per heavy atom. The number of nitrogens with two attached hydrogens (primary N) is 1. The van der Waals surface area contributed by atoms with Crippen molar-refractivity contribution >= 4 is 5.91 Å². The fraction of sp³-hybridized carbons (Fsp3) is 0.650. The van der Waals surface area contributed by atoms with Gasteiger partial charge in [0.25, 0.3) is 0 Å². The number of nitrogens with zero attached hydrogens (tertiary/aromatic N) is 1. The Labute approximate surface area is 150 Å². The summed E-state index contributed by atoms with van der Waals surface area (Å²) < 4.78 is 13.2. The van der Waals surface area contributed by atoms with Crippen molar-refractivity contribution in [3.63, 3.8) is 0 Å². The molecule has 3 N–H and O–H groups in total. The predicted molar refractivity (Wildman–Crippen MR) is 95.6 cm³/mol. The van der Waals surface area contributed by atoms with Crippen LogP contribution in [-0.2, 0) is 11.3 Å².